The standard InChI is InChI=1S/C20H26FN5/c21-17-7-5-6-16(12-17)13-25-14-18(15-25)23-20-22-9-8-19(24-20)26-10-3-1-2-4-11-26/h5-9,12,18H,1-4,10-11,13-15H2,(H,22,23,24). The Morgan fingerprint density at radius 3 is 2.65 bits per heavy atom. The lowest BCUT2D eigenvalue weighted by Crippen LogP contribution is -2.54. The number of rotatable bonds is 5. The molecule has 0 unspecified atom stereocenters. The maximum absolute atomic E-state index is 13.3. The van der Waals surface area contributed by atoms with Crippen molar-refractivity contribution in [2.24, 2.45) is 0 Å². The Kier molecular flexibility index (Phi) is 5.29. The van der Waals surface area contributed by atoms with E-state index in [1.807, 2.05) is 18.3 Å². The van der Waals surface area contributed by atoms with Crippen molar-refractivity contribution in [3.8, 4) is 0 Å². The van der Waals surface area contributed by atoms with Gasteiger partial charge in [-0.05, 0) is 36.6 Å². The summed E-state index contributed by atoms with van der Waals surface area (Å²) in [5.74, 6) is 1.57. The molecule has 1 N–H and O–H groups in total. The van der Waals surface area contributed by atoms with Gasteiger partial charge >= 0.3 is 0 Å². The highest BCUT2D eigenvalue weighted by atomic mass is 19.1. The fraction of sp³-hybridized carbons (Fsp3) is 0.500. The molecule has 0 aliphatic carbocycles. The van der Waals surface area contributed by atoms with Crippen LogP contribution < -0.4 is 10.2 Å². The van der Waals surface area contributed by atoms with E-state index in [2.05, 4.69) is 20.1 Å². The van der Waals surface area contributed by atoms with E-state index in [1.54, 1.807) is 12.1 Å². The monoisotopic (exact) mass is 355 g/mol. The molecule has 26 heavy (non-hydrogen) atoms. The van der Waals surface area contributed by atoms with Gasteiger partial charge < -0.3 is 10.2 Å². The summed E-state index contributed by atoms with van der Waals surface area (Å²) in [7, 11) is 0. The van der Waals surface area contributed by atoms with E-state index in [0.717, 1.165) is 44.1 Å². The molecule has 0 radical (unpaired) electrons. The molecule has 0 amide bonds. The van der Waals surface area contributed by atoms with Gasteiger partial charge in [-0.2, -0.15) is 4.98 Å². The minimum Gasteiger partial charge on any atom is -0.356 e. The summed E-state index contributed by atoms with van der Waals surface area (Å²) in [6.45, 7) is 4.80. The average molecular weight is 355 g/mol. The number of hydrogen-bond acceptors (Lipinski definition) is 5. The summed E-state index contributed by atoms with van der Waals surface area (Å²) in [6, 6.07) is 9.18. The maximum Gasteiger partial charge on any atom is 0.224 e. The highest BCUT2D eigenvalue weighted by Gasteiger charge is 2.27. The van der Waals surface area contributed by atoms with Crippen molar-refractivity contribution in [1.82, 2.24) is 14.9 Å². The summed E-state index contributed by atoms with van der Waals surface area (Å²) < 4.78 is 13.3. The lowest BCUT2D eigenvalue weighted by molar-refractivity contribution is 0.152. The first-order valence-electron chi connectivity index (χ1n) is 9.57. The number of benzene rings is 1. The molecule has 2 fully saturated rings. The van der Waals surface area contributed by atoms with Gasteiger partial charge in [0.05, 0.1) is 6.04 Å². The molecule has 1 aromatic heterocycles. The van der Waals surface area contributed by atoms with Crippen LogP contribution in [0.4, 0.5) is 16.2 Å². The Morgan fingerprint density at radius 1 is 1.08 bits per heavy atom. The Balaban J connectivity index is 1.29. The van der Waals surface area contributed by atoms with Gasteiger partial charge in [-0.1, -0.05) is 25.0 Å². The normalized spacial score (nSPS) is 19.0. The van der Waals surface area contributed by atoms with Crippen molar-refractivity contribution in [3.63, 3.8) is 0 Å². The van der Waals surface area contributed by atoms with Crippen molar-refractivity contribution in [1.29, 1.82) is 0 Å². The predicted octanol–water partition coefficient (Wildman–Crippen LogP) is 3.29. The second-order valence-corrected chi connectivity index (χ2v) is 7.30. The summed E-state index contributed by atoms with van der Waals surface area (Å²) in [5.41, 5.74) is 1.02. The molecule has 6 heteroatoms. The van der Waals surface area contributed by atoms with Gasteiger partial charge in [0.2, 0.25) is 5.95 Å². The zero-order valence-electron chi connectivity index (χ0n) is 15.1. The molecule has 0 bridgehead atoms. The van der Waals surface area contributed by atoms with E-state index in [1.165, 1.54) is 31.7 Å². The Hall–Kier alpha value is -2.21. The van der Waals surface area contributed by atoms with Crippen molar-refractivity contribution < 1.29 is 4.39 Å². The van der Waals surface area contributed by atoms with E-state index in [4.69, 9.17) is 4.98 Å². The molecule has 2 aliphatic heterocycles. The van der Waals surface area contributed by atoms with Crippen molar-refractivity contribution >= 4 is 11.8 Å². The fourth-order valence-electron chi connectivity index (χ4n) is 3.76. The van der Waals surface area contributed by atoms with Crippen LogP contribution in [-0.4, -0.2) is 47.1 Å². The van der Waals surface area contributed by atoms with Crippen LogP contribution in [-0.2, 0) is 6.54 Å². The van der Waals surface area contributed by atoms with Gasteiger partial charge in [0.1, 0.15) is 11.6 Å². The molecule has 0 atom stereocenters. The zero-order chi connectivity index (χ0) is 17.8. The van der Waals surface area contributed by atoms with Crippen molar-refractivity contribution in [2.45, 2.75) is 38.3 Å². The Labute approximate surface area is 154 Å². The van der Waals surface area contributed by atoms with Crippen LogP contribution in [0.5, 0.6) is 0 Å². The zero-order valence-corrected chi connectivity index (χ0v) is 15.1. The van der Waals surface area contributed by atoms with Crippen LogP contribution in [0, 0.1) is 5.82 Å². The average Bonchev–Trinajstić information content (AvgIpc) is 2.90. The highest BCUT2D eigenvalue weighted by molar-refractivity contribution is 5.43. The number of likely N-dealkylation sites (tertiary alicyclic amines) is 1. The topological polar surface area (TPSA) is 44.3 Å². The van der Waals surface area contributed by atoms with Gasteiger partial charge in [-0.3, -0.25) is 4.90 Å². The van der Waals surface area contributed by atoms with Gasteiger partial charge in [0.25, 0.3) is 0 Å². The molecule has 2 aliphatic rings. The third-order valence-corrected chi connectivity index (χ3v) is 5.16. The van der Waals surface area contributed by atoms with Gasteiger partial charge in [-0.15, -0.1) is 0 Å². The van der Waals surface area contributed by atoms with Crippen molar-refractivity contribution in [3.05, 3.63) is 47.9 Å². The molecule has 3 heterocycles. The van der Waals surface area contributed by atoms with E-state index in [0.29, 0.717) is 12.0 Å². The van der Waals surface area contributed by atoms with E-state index >= 15 is 0 Å². The molecule has 138 valence electrons. The first kappa shape index (κ1) is 17.2. The molecule has 1 aromatic carbocycles. The van der Waals surface area contributed by atoms with Crippen LogP contribution in [0.1, 0.15) is 31.2 Å². The smallest absolute Gasteiger partial charge is 0.224 e. The second kappa shape index (κ2) is 7.99. The van der Waals surface area contributed by atoms with Gasteiger partial charge in [0.15, 0.2) is 0 Å². The number of anilines is 2. The number of hydrogen-bond donors (Lipinski definition) is 1. The number of nitrogens with one attached hydrogen (secondary N) is 1. The summed E-state index contributed by atoms with van der Waals surface area (Å²) >= 11 is 0. The van der Waals surface area contributed by atoms with Crippen LogP contribution >= 0.6 is 0 Å². The number of nitrogens with zero attached hydrogens (tertiary/aromatic N) is 4. The molecule has 2 saturated heterocycles. The largest absolute Gasteiger partial charge is 0.356 e. The number of aromatic nitrogens is 2. The SMILES string of the molecule is Fc1cccc(CN2CC(Nc3nccc(N4CCCCCC4)n3)C2)c1. The summed E-state index contributed by atoms with van der Waals surface area (Å²) in [4.78, 5) is 13.8. The van der Waals surface area contributed by atoms with Crippen LogP contribution in [0.25, 0.3) is 0 Å². The van der Waals surface area contributed by atoms with Crippen LogP contribution in [0.2, 0.25) is 0 Å². The Bertz CT molecular complexity index is 724. The van der Waals surface area contributed by atoms with Gasteiger partial charge in [0, 0.05) is 38.9 Å². The van der Waals surface area contributed by atoms with Gasteiger partial charge in [-0.25, -0.2) is 9.37 Å². The van der Waals surface area contributed by atoms with Crippen LogP contribution in [0.15, 0.2) is 36.5 Å². The van der Waals surface area contributed by atoms with Crippen LogP contribution in [0.3, 0.4) is 0 Å². The first-order chi connectivity index (χ1) is 12.8. The molecule has 4 rings (SSSR count). The summed E-state index contributed by atoms with van der Waals surface area (Å²) in [6.07, 6.45) is 6.96. The van der Waals surface area contributed by atoms with E-state index < -0.39 is 0 Å². The second-order valence-electron chi connectivity index (χ2n) is 7.30. The van der Waals surface area contributed by atoms with E-state index in [9.17, 15) is 4.39 Å². The highest BCUT2D eigenvalue weighted by Crippen LogP contribution is 2.20. The lowest BCUT2D eigenvalue weighted by Gasteiger charge is -2.39. The first-order valence-corrected chi connectivity index (χ1v) is 9.57. The molecular formula is C20H26FN5. The predicted molar refractivity (Wildman–Crippen MR) is 102 cm³/mol. The lowest BCUT2D eigenvalue weighted by atomic mass is 10.1. The molecular weight excluding hydrogens is 329 g/mol. The third kappa shape index (κ3) is 4.30. The van der Waals surface area contributed by atoms with Crippen molar-refractivity contribution in [2.75, 3.05) is 36.4 Å². The number of halogens is 1. The third-order valence-electron chi connectivity index (χ3n) is 5.16. The molecule has 0 saturated carbocycles. The molecule has 5 nitrogen and oxygen atoms in total. The summed E-state index contributed by atoms with van der Waals surface area (Å²) in [5, 5.41) is 3.44. The molecule has 0 spiro atoms. The quantitative estimate of drug-likeness (QED) is 0.892. The van der Waals surface area contributed by atoms with E-state index in [-0.39, 0.29) is 5.82 Å². The minimum atomic E-state index is -0.170. The maximum atomic E-state index is 13.3. The Morgan fingerprint density at radius 2 is 1.88 bits per heavy atom. The fourth-order valence-corrected chi connectivity index (χ4v) is 3.76. The molecule has 2 aromatic rings. The minimum absolute atomic E-state index is 0.170.